The zero-order valence-electron chi connectivity index (χ0n) is 10.1. The summed E-state index contributed by atoms with van der Waals surface area (Å²) in [6.45, 7) is 0. The van der Waals surface area contributed by atoms with Crippen molar-refractivity contribution in [2.24, 2.45) is 0 Å². The van der Waals surface area contributed by atoms with Gasteiger partial charge in [0.1, 0.15) is 0 Å². The van der Waals surface area contributed by atoms with E-state index in [4.69, 9.17) is 0 Å². The van der Waals surface area contributed by atoms with Gasteiger partial charge in [-0.05, 0) is 42.7 Å². The van der Waals surface area contributed by atoms with E-state index in [1.165, 1.54) is 23.9 Å². The molecule has 0 aliphatic rings. The molecule has 1 atom stereocenters. The number of rotatable bonds is 7. The average molecular weight is 367 g/mol. The number of carboxylic acids is 1. The van der Waals surface area contributed by atoms with Crippen molar-refractivity contribution in [2.45, 2.75) is 17.4 Å². The Morgan fingerprint density at radius 2 is 2.00 bits per heavy atom. The molecule has 0 bridgehead atoms. The van der Waals surface area contributed by atoms with Crippen LogP contribution < -0.4 is 9.83 Å². The monoisotopic (exact) mass is 366 g/mol. The zero-order chi connectivity index (χ0) is 14.5. The van der Waals surface area contributed by atoms with Crippen molar-refractivity contribution in [3.8, 4) is 0 Å². The lowest BCUT2D eigenvalue weighted by Gasteiger charge is -2.19. The van der Waals surface area contributed by atoms with Crippen LogP contribution >= 0.6 is 27.7 Å². The van der Waals surface area contributed by atoms with Crippen LogP contribution in [0.2, 0.25) is 0 Å². The third kappa shape index (κ3) is 5.13. The smallest absolute Gasteiger partial charge is 0.241 e. The van der Waals surface area contributed by atoms with E-state index in [0.29, 0.717) is 5.75 Å². The molecule has 0 aliphatic carbocycles. The molecule has 0 amide bonds. The summed E-state index contributed by atoms with van der Waals surface area (Å²) in [7, 11) is -3.85. The Bertz CT molecular complexity index is 530. The number of benzene rings is 1. The Balaban J connectivity index is 2.87. The lowest BCUT2D eigenvalue weighted by Crippen LogP contribution is -2.48. The third-order valence-corrected chi connectivity index (χ3v) is 4.98. The van der Waals surface area contributed by atoms with E-state index in [9.17, 15) is 18.3 Å². The number of hydrogen-bond acceptors (Lipinski definition) is 5. The van der Waals surface area contributed by atoms with Crippen LogP contribution in [0.25, 0.3) is 0 Å². The maximum absolute atomic E-state index is 12.0. The molecule has 0 aliphatic heterocycles. The number of thioether (sulfide) groups is 1. The Morgan fingerprint density at radius 3 is 2.47 bits per heavy atom. The van der Waals surface area contributed by atoms with Crippen molar-refractivity contribution in [3.05, 3.63) is 28.7 Å². The molecule has 0 saturated heterocycles. The molecule has 8 heteroatoms. The summed E-state index contributed by atoms with van der Waals surface area (Å²) in [5.41, 5.74) is 0. The summed E-state index contributed by atoms with van der Waals surface area (Å²) in [5.74, 6) is -0.892. The normalized spacial score (nSPS) is 13.2. The van der Waals surface area contributed by atoms with Gasteiger partial charge < -0.3 is 9.90 Å². The van der Waals surface area contributed by atoms with Crippen LogP contribution in [0.15, 0.2) is 33.6 Å². The first-order valence-electron chi connectivity index (χ1n) is 5.34. The first kappa shape index (κ1) is 16.5. The lowest BCUT2D eigenvalue weighted by molar-refractivity contribution is -0.308. The van der Waals surface area contributed by atoms with Crippen LogP contribution in [0, 0.1) is 0 Å². The summed E-state index contributed by atoms with van der Waals surface area (Å²) in [4.78, 5) is 10.9. The predicted molar refractivity (Wildman–Crippen MR) is 76.3 cm³/mol. The SMILES string of the molecule is CSCC[C@@H](NS(=O)(=O)c1ccc(Br)cc1)C(=O)[O-]. The summed E-state index contributed by atoms with van der Waals surface area (Å²) in [5, 5.41) is 10.9. The molecule has 1 aromatic carbocycles. The molecule has 0 unspecified atom stereocenters. The number of halogens is 1. The van der Waals surface area contributed by atoms with Gasteiger partial charge in [0.15, 0.2) is 0 Å². The maximum atomic E-state index is 12.0. The highest BCUT2D eigenvalue weighted by Gasteiger charge is 2.20. The molecule has 0 spiro atoms. The first-order chi connectivity index (χ1) is 8.86. The highest BCUT2D eigenvalue weighted by molar-refractivity contribution is 9.10. The molecule has 0 radical (unpaired) electrons. The number of carbonyl (C=O) groups excluding carboxylic acids is 1. The number of hydrogen-bond donors (Lipinski definition) is 1. The van der Waals surface area contributed by atoms with E-state index in [-0.39, 0.29) is 11.3 Å². The standard InChI is InChI=1S/C11H14BrNO4S2/c1-18-7-6-10(11(14)15)13-19(16,17)9-4-2-8(12)3-5-9/h2-5,10,13H,6-7H2,1H3,(H,14,15)/p-1/t10-/m1/s1. The van der Waals surface area contributed by atoms with Crippen LogP contribution in [-0.2, 0) is 14.8 Å². The van der Waals surface area contributed by atoms with Gasteiger partial charge in [-0.1, -0.05) is 15.9 Å². The van der Waals surface area contributed by atoms with Crippen LogP contribution in [0.1, 0.15) is 6.42 Å². The second-order valence-corrected chi connectivity index (χ2v) is 7.34. The highest BCUT2D eigenvalue weighted by Crippen LogP contribution is 2.15. The first-order valence-corrected chi connectivity index (χ1v) is 9.01. The Kier molecular flexibility index (Phi) is 6.31. The van der Waals surface area contributed by atoms with E-state index in [2.05, 4.69) is 20.7 Å². The quantitative estimate of drug-likeness (QED) is 0.763. The van der Waals surface area contributed by atoms with Gasteiger partial charge in [0.05, 0.1) is 16.9 Å². The maximum Gasteiger partial charge on any atom is 0.241 e. The number of carbonyl (C=O) groups is 1. The Morgan fingerprint density at radius 1 is 1.42 bits per heavy atom. The minimum atomic E-state index is -3.85. The minimum Gasteiger partial charge on any atom is -0.548 e. The van der Waals surface area contributed by atoms with Gasteiger partial charge in [-0.15, -0.1) is 0 Å². The summed E-state index contributed by atoms with van der Waals surface area (Å²) < 4.78 is 26.9. The fraction of sp³-hybridized carbons (Fsp3) is 0.364. The molecule has 106 valence electrons. The van der Waals surface area contributed by atoms with Crippen LogP contribution in [0.4, 0.5) is 0 Å². The van der Waals surface area contributed by atoms with Crippen molar-refractivity contribution in [2.75, 3.05) is 12.0 Å². The number of nitrogens with one attached hydrogen (secondary N) is 1. The fourth-order valence-corrected chi connectivity index (χ4v) is 3.28. The molecular formula is C11H13BrNO4S2-. The fourth-order valence-electron chi connectivity index (χ4n) is 1.33. The number of aliphatic carboxylic acids is 1. The molecule has 0 aromatic heterocycles. The zero-order valence-corrected chi connectivity index (χ0v) is 13.3. The topological polar surface area (TPSA) is 86.3 Å². The van der Waals surface area contributed by atoms with Crippen molar-refractivity contribution < 1.29 is 18.3 Å². The summed E-state index contributed by atoms with van der Waals surface area (Å²) in [6.07, 6.45) is 1.99. The average Bonchev–Trinajstić information content (AvgIpc) is 2.34. The van der Waals surface area contributed by atoms with Crippen molar-refractivity contribution in [3.63, 3.8) is 0 Å². The molecule has 0 saturated carbocycles. The van der Waals surface area contributed by atoms with E-state index in [1.807, 2.05) is 6.26 Å². The van der Waals surface area contributed by atoms with Crippen molar-refractivity contribution in [1.29, 1.82) is 0 Å². The second-order valence-electron chi connectivity index (χ2n) is 3.73. The van der Waals surface area contributed by atoms with Gasteiger partial charge in [-0.25, -0.2) is 13.1 Å². The van der Waals surface area contributed by atoms with Gasteiger partial charge in [-0.3, -0.25) is 0 Å². The number of carboxylic acid groups (broad SMARTS) is 1. The molecule has 0 fully saturated rings. The molecule has 19 heavy (non-hydrogen) atoms. The van der Waals surface area contributed by atoms with Crippen molar-refractivity contribution >= 4 is 43.7 Å². The number of sulfonamides is 1. The molecule has 1 aromatic rings. The molecule has 1 rings (SSSR count). The van der Waals surface area contributed by atoms with E-state index >= 15 is 0 Å². The molecule has 1 N–H and O–H groups in total. The van der Waals surface area contributed by atoms with Gasteiger partial charge in [0.25, 0.3) is 0 Å². The summed E-state index contributed by atoms with van der Waals surface area (Å²) >= 11 is 4.64. The Hall–Kier alpha value is -0.570. The van der Waals surface area contributed by atoms with Crippen LogP contribution in [-0.4, -0.2) is 32.4 Å². The van der Waals surface area contributed by atoms with Crippen LogP contribution in [0.5, 0.6) is 0 Å². The van der Waals surface area contributed by atoms with E-state index in [1.54, 1.807) is 12.1 Å². The van der Waals surface area contributed by atoms with Gasteiger partial charge in [0.2, 0.25) is 10.0 Å². The Labute approximate surface area is 125 Å². The molecular weight excluding hydrogens is 354 g/mol. The van der Waals surface area contributed by atoms with Crippen LogP contribution in [0.3, 0.4) is 0 Å². The van der Waals surface area contributed by atoms with Gasteiger partial charge in [-0.2, -0.15) is 11.8 Å². The van der Waals surface area contributed by atoms with Crippen molar-refractivity contribution in [1.82, 2.24) is 4.72 Å². The molecule has 0 heterocycles. The second kappa shape index (κ2) is 7.28. The van der Waals surface area contributed by atoms with Gasteiger partial charge >= 0.3 is 0 Å². The van der Waals surface area contributed by atoms with E-state index < -0.39 is 22.0 Å². The van der Waals surface area contributed by atoms with Gasteiger partial charge in [0, 0.05) is 4.47 Å². The third-order valence-electron chi connectivity index (χ3n) is 2.32. The molecule has 5 nitrogen and oxygen atoms in total. The minimum absolute atomic E-state index is 0.0195. The highest BCUT2D eigenvalue weighted by atomic mass is 79.9. The largest absolute Gasteiger partial charge is 0.548 e. The summed E-state index contributed by atoms with van der Waals surface area (Å²) in [6, 6.07) is 4.72. The predicted octanol–water partition coefficient (Wildman–Crippen LogP) is 0.599. The van der Waals surface area contributed by atoms with E-state index in [0.717, 1.165) is 4.47 Å². The lowest BCUT2D eigenvalue weighted by atomic mass is 10.2.